The van der Waals surface area contributed by atoms with Crippen molar-refractivity contribution >= 4 is 0 Å². The first-order valence-electron chi connectivity index (χ1n) is 5.46. The summed E-state index contributed by atoms with van der Waals surface area (Å²) in [5, 5.41) is 12.4. The number of nitrogens with one attached hydrogen (secondary N) is 1. The van der Waals surface area contributed by atoms with Crippen LogP contribution in [0.5, 0.6) is 0 Å². The van der Waals surface area contributed by atoms with Crippen molar-refractivity contribution in [2.75, 3.05) is 19.7 Å². The summed E-state index contributed by atoms with van der Waals surface area (Å²) in [7, 11) is 0. The van der Waals surface area contributed by atoms with Gasteiger partial charge in [-0.05, 0) is 26.8 Å². The van der Waals surface area contributed by atoms with Gasteiger partial charge in [0.15, 0.2) is 0 Å². The zero-order valence-electron chi connectivity index (χ0n) is 8.94. The summed E-state index contributed by atoms with van der Waals surface area (Å²) in [5.74, 6) is 0.577. The Labute approximate surface area is 85.2 Å². The quantitative estimate of drug-likeness (QED) is 0.624. The van der Waals surface area contributed by atoms with Gasteiger partial charge in [-0.3, -0.25) is 10.2 Å². The molecule has 2 rings (SSSR count). The smallest absolute Gasteiger partial charge is 0.213 e. The van der Waals surface area contributed by atoms with Gasteiger partial charge in [-0.1, -0.05) is 0 Å². The first-order chi connectivity index (χ1) is 6.66. The van der Waals surface area contributed by atoms with Crippen LogP contribution < -0.4 is 5.32 Å². The van der Waals surface area contributed by atoms with Crippen molar-refractivity contribution in [1.29, 1.82) is 0 Å². The van der Waals surface area contributed by atoms with Crippen molar-refractivity contribution in [3.63, 3.8) is 0 Å². The van der Waals surface area contributed by atoms with Crippen LogP contribution in [-0.4, -0.2) is 48.2 Å². The number of ether oxygens (including phenoxy) is 1. The molecule has 3 atom stereocenters. The fourth-order valence-corrected chi connectivity index (χ4v) is 2.33. The number of piperidine rings is 1. The second kappa shape index (κ2) is 4.14. The molecule has 2 N–H and O–H groups in total. The molecule has 0 aromatic rings. The van der Waals surface area contributed by atoms with E-state index in [4.69, 9.17) is 4.74 Å². The van der Waals surface area contributed by atoms with E-state index >= 15 is 0 Å². The fourth-order valence-electron chi connectivity index (χ4n) is 2.33. The van der Waals surface area contributed by atoms with Crippen molar-refractivity contribution < 1.29 is 9.84 Å². The molecule has 1 unspecified atom stereocenters. The topological polar surface area (TPSA) is 44.7 Å². The maximum Gasteiger partial charge on any atom is 0.213 e. The summed E-state index contributed by atoms with van der Waals surface area (Å²) in [4.78, 5) is 2.45. The Morgan fingerprint density at radius 1 is 1.50 bits per heavy atom. The zero-order valence-corrected chi connectivity index (χ0v) is 8.94. The first-order valence-corrected chi connectivity index (χ1v) is 5.46. The third-order valence-electron chi connectivity index (χ3n) is 3.34. The van der Waals surface area contributed by atoms with Crippen molar-refractivity contribution in [3.8, 4) is 0 Å². The highest BCUT2D eigenvalue weighted by molar-refractivity contribution is 4.88. The number of likely N-dealkylation sites (tertiary alicyclic amines) is 1. The summed E-state index contributed by atoms with van der Waals surface area (Å²) < 4.78 is 5.17. The van der Waals surface area contributed by atoms with E-state index in [0.717, 1.165) is 13.1 Å². The average molecular weight is 200 g/mol. The molecule has 0 aromatic heterocycles. The minimum absolute atomic E-state index is 0.398. The van der Waals surface area contributed by atoms with E-state index in [1.165, 1.54) is 6.42 Å². The summed E-state index contributed by atoms with van der Waals surface area (Å²) >= 11 is 0. The molecule has 0 amide bonds. The molecule has 0 aromatic carbocycles. The monoisotopic (exact) mass is 200 g/mol. The van der Waals surface area contributed by atoms with Crippen molar-refractivity contribution in [1.82, 2.24) is 10.2 Å². The van der Waals surface area contributed by atoms with Crippen LogP contribution in [0.3, 0.4) is 0 Å². The van der Waals surface area contributed by atoms with Gasteiger partial charge >= 0.3 is 0 Å². The van der Waals surface area contributed by atoms with Gasteiger partial charge in [-0.15, -0.1) is 0 Å². The normalized spacial score (nSPS) is 39.9. The molecule has 2 heterocycles. The van der Waals surface area contributed by atoms with Crippen LogP contribution in [0.4, 0.5) is 0 Å². The molecule has 82 valence electrons. The lowest BCUT2D eigenvalue weighted by Crippen LogP contribution is -2.60. The van der Waals surface area contributed by atoms with Gasteiger partial charge in [-0.2, -0.15) is 0 Å². The van der Waals surface area contributed by atoms with E-state index in [2.05, 4.69) is 24.1 Å². The van der Waals surface area contributed by atoms with Crippen LogP contribution in [0.2, 0.25) is 0 Å². The van der Waals surface area contributed by atoms with Gasteiger partial charge in [0, 0.05) is 24.5 Å². The predicted molar refractivity (Wildman–Crippen MR) is 53.7 cm³/mol. The van der Waals surface area contributed by atoms with Gasteiger partial charge in [0.05, 0.1) is 6.61 Å². The van der Waals surface area contributed by atoms with Crippen molar-refractivity contribution in [2.45, 2.75) is 38.8 Å². The number of rotatable bonds is 1. The molecule has 4 nitrogen and oxygen atoms in total. The van der Waals surface area contributed by atoms with E-state index in [1.807, 2.05) is 0 Å². The number of nitrogens with zero attached hydrogens (tertiary/aromatic N) is 1. The Balaban J connectivity index is 1.93. The highest BCUT2D eigenvalue weighted by Gasteiger charge is 2.34. The molecule has 0 spiro atoms. The van der Waals surface area contributed by atoms with Gasteiger partial charge in [0.25, 0.3) is 0 Å². The Morgan fingerprint density at radius 3 is 3.00 bits per heavy atom. The lowest BCUT2D eigenvalue weighted by Gasteiger charge is -2.44. The van der Waals surface area contributed by atoms with E-state index in [9.17, 15) is 5.11 Å². The largest absolute Gasteiger partial charge is 0.356 e. The fraction of sp³-hybridized carbons (Fsp3) is 1.00. The molecule has 0 saturated carbocycles. The summed E-state index contributed by atoms with van der Waals surface area (Å²) in [6.45, 7) is 7.32. The van der Waals surface area contributed by atoms with Gasteiger partial charge in [0.2, 0.25) is 6.41 Å². The highest BCUT2D eigenvalue weighted by Crippen LogP contribution is 2.23. The Bertz CT molecular complexity index is 199. The van der Waals surface area contributed by atoms with E-state index in [0.29, 0.717) is 24.6 Å². The molecule has 0 radical (unpaired) electrons. The predicted octanol–water partition coefficient (Wildman–Crippen LogP) is -0.0190. The lowest BCUT2D eigenvalue weighted by molar-refractivity contribution is -0.178. The van der Waals surface area contributed by atoms with E-state index < -0.39 is 6.41 Å². The molecule has 2 saturated heterocycles. The van der Waals surface area contributed by atoms with E-state index in [-0.39, 0.29) is 0 Å². The molecule has 4 heteroatoms. The first kappa shape index (κ1) is 10.4. The van der Waals surface area contributed by atoms with Gasteiger partial charge < -0.3 is 9.84 Å². The highest BCUT2D eigenvalue weighted by atomic mass is 16.6. The molecular formula is C10H20N2O2. The second-order valence-electron chi connectivity index (χ2n) is 4.60. The van der Waals surface area contributed by atoms with Crippen LogP contribution in [0.25, 0.3) is 0 Å². The Morgan fingerprint density at radius 2 is 2.29 bits per heavy atom. The maximum atomic E-state index is 9.32. The van der Waals surface area contributed by atoms with Crippen LogP contribution >= 0.6 is 0 Å². The lowest BCUT2D eigenvalue weighted by atomic mass is 9.91. The van der Waals surface area contributed by atoms with E-state index in [1.54, 1.807) is 0 Å². The summed E-state index contributed by atoms with van der Waals surface area (Å²) in [6.07, 6.45) is 0.408. The number of hydrogen-bond donors (Lipinski definition) is 2. The van der Waals surface area contributed by atoms with Gasteiger partial charge in [-0.25, -0.2) is 0 Å². The number of fused-ring (bicyclic) bond motifs is 1. The molecule has 0 bridgehead atoms. The maximum absolute atomic E-state index is 9.32. The Hall–Kier alpha value is -0.160. The third kappa shape index (κ3) is 2.08. The van der Waals surface area contributed by atoms with Crippen LogP contribution in [0.15, 0.2) is 0 Å². The minimum Gasteiger partial charge on any atom is -0.356 e. The average Bonchev–Trinajstić information content (AvgIpc) is 2.16. The summed E-state index contributed by atoms with van der Waals surface area (Å²) in [5.41, 5.74) is 0. The summed E-state index contributed by atoms with van der Waals surface area (Å²) in [6, 6.07) is 0.993. The molecule has 14 heavy (non-hydrogen) atoms. The zero-order chi connectivity index (χ0) is 10.1. The van der Waals surface area contributed by atoms with Crippen molar-refractivity contribution in [2.24, 2.45) is 5.92 Å². The van der Waals surface area contributed by atoms with Crippen molar-refractivity contribution in [3.05, 3.63) is 0 Å². The number of hydrogen-bond acceptors (Lipinski definition) is 4. The SMILES string of the molecule is CC(C)N1CC[C@H]2COC(O)N[C@@H]2C1. The third-order valence-corrected chi connectivity index (χ3v) is 3.34. The number of aliphatic hydroxyl groups is 1. The number of aliphatic hydroxyl groups excluding tert-OH is 1. The standard InChI is InChI=1S/C10H20N2O2/c1-7(2)12-4-3-8-6-14-10(13)11-9(8)5-12/h7-11,13H,3-6H2,1-2H3/t8-,9+,10?/m0/s1. The molecule has 2 aliphatic rings. The van der Waals surface area contributed by atoms with Crippen LogP contribution in [0, 0.1) is 5.92 Å². The second-order valence-corrected chi connectivity index (χ2v) is 4.60. The molecule has 2 fully saturated rings. The minimum atomic E-state index is -0.761. The molecule has 0 aliphatic carbocycles. The van der Waals surface area contributed by atoms with Gasteiger partial charge in [0.1, 0.15) is 0 Å². The Kier molecular flexibility index (Phi) is 3.07. The molecular weight excluding hydrogens is 180 g/mol. The molecule has 2 aliphatic heterocycles. The van der Waals surface area contributed by atoms with Crippen LogP contribution in [0.1, 0.15) is 20.3 Å². The van der Waals surface area contributed by atoms with Crippen LogP contribution in [-0.2, 0) is 4.74 Å².